The highest BCUT2D eigenvalue weighted by atomic mass is 32.2. The zero-order chi connectivity index (χ0) is 13.5. The summed E-state index contributed by atoms with van der Waals surface area (Å²) in [6, 6.07) is 0.256. The zero-order valence-corrected chi connectivity index (χ0v) is 12.0. The lowest BCUT2D eigenvalue weighted by molar-refractivity contribution is 0.462. The van der Waals surface area contributed by atoms with Gasteiger partial charge in [-0.1, -0.05) is 0 Å². The van der Waals surface area contributed by atoms with Gasteiger partial charge in [0.2, 0.25) is 0 Å². The molecule has 106 valence electrons. The number of nitrogens with one attached hydrogen (secondary N) is 1. The number of hydrogen-bond acceptors (Lipinski definition) is 4. The van der Waals surface area contributed by atoms with Crippen molar-refractivity contribution in [2.45, 2.75) is 43.3 Å². The van der Waals surface area contributed by atoms with Crippen molar-refractivity contribution >= 4 is 10.0 Å². The van der Waals surface area contributed by atoms with Crippen LogP contribution < -0.4 is 5.32 Å². The molecule has 0 saturated carbocycles. The van der Waals surface area contributed by atoms with Crippen LogP contribution in [-0.4, -0.2) is 48.5 Å². The first-order chi connectivity index (χ1) is 9.11. The normalized spacial score (nSPS) is 24.6. The second kappa shape index (κ2) is 4.88. The lowest BCUT2D eigenvalue weighted by Gasteiger charge is -2.14. The van der Waals surface area contributed by atoms with E-state index in [1.165, 1.54) is 0 Å². The van der Waals surface area contributed by atoms with Crippen LogP contribution in [0.15, 0.2) is 11.2 Å². The summed E-state index contributed by atoms with van der Waals surface area (Å²) in [5, 5.41) is 3.36. The maximum absolute atomic E-state index is 12.5. The third kappa shape index (κ3) is 2.30. The van der Waals surface area contributed by atoms with Gasteiger partial charge in [-0.05, 0) is 26.3 Å². The van der Waals surface area contributed by atoms with Crippen LogP contribution in [0, 0.1) is 0 Å². The molecule has 2 aliphatic rings. The molecule has 3 heterocycles. The summed E-state index contributed by atoms with van der Waals surface area (Å²) in [7, 11) is -1.54. The van der Waals surface area contributed by atoms with Gasteiger partial charge in [-0.3, -0.25) is 0 Å². The first-order valence-electron chi connectivity index (χ1n) is 6.85. The SMILES string of the molecule is CNC1CCN(S(=O)(=O)c2cn3c(n2)CCCC3)C1. The molecule has 1 atom stereocenters. The van der Waals surface area contributed by atoms with Crippen molar-refractivity contribution < 1.29 is 8.42 Å². The van der Waals surface area contributed by atoms with Crippen LogP contribution >= 0.6 is 0 Å². The van der Waals surface area contributed by atoms with Crippen molar-refractivity contribution in [3.8, 4) is 0 Å². The minimum atomic E-state index is -3.41. The quantitative estimate of drug-likeness (QED) is 0.861. The number of rotatable bonds is 3. The van der Waals surface area contributed by atoms with E-state index in [9.17, 15) is 8.42 Å². The Kier molecular flexibility index (Phi) is 3.36. The first-order valence-corrected chi connectivity index (χ1v) is 8.29. The second-order valence-electron chi connectivity index (χ2n) is 5.28. The number of hydrogen-bond donors (Lipinski definition) is 1. The number of sulfonamides is 1. The smallest absolute Gasteiger partial charge is 0.262 e. The summed E-state index contributed by atoms with van der Waals surface area (Å²) < 4.78 is 28.6. The summed E-state index contributed by atoms with van der Waals surface area (Å²) >= 11 is 0. The highest BCUT2D eigenvalue weighted by Gasteiger charge is 2.34. The molecular formula is C12H20N4O2S. The molecule has 19 heavy (non-hydrogen) atoms. The van der Waals surface area contributed by atoms with Crippen molar-refractivity contribution in [2.75, 3.05) is 20.1 Å². The third-order valence-electron chi connectivity index (χ3n) is 4.05. The second-order valence-corrected chi connectivity index (χ2v) is 7.17. The Morgan fingerprint density at radius 2 is 2.21 bits per heavy atom. The molecule has 0 radical (unpaired) electrons. The van der Waals surface area contributed by atoms with E-state index >= 15 is 0 Å². The van der Waals surface area contributed by atoms with E-state index in [1.54, 1.807) is 10.5 Å². The van der Waals surface area contributed by atoms with Gasteiger partial charge < -0.3 is 9.88 Å². The van der Waals surface area contributed by atoms with Gasteiger partial charge in [0.15, 0.2) is 5.03 Å². The zero-order valence-electron chi connectivity index (χ0n) is 11.2. The fourth-order valence-corrected chi connectivity index (χ4v) is 4.29. The van der Waals surface area contributed by atoms with Crippen LogP contribution in [0.5, 0.6) is 0 Å². The Hall–Kier alpha value is -0.920. The Labute approximate surface area is 113 Å². The number of fused-ring (bicyclic) bond motifs is 1. The average Bonchev–Trinajstić information content (AvgIpc) is 3.05. The van der Waals surface area contributed by atoms with E-state index in [2.05, 4.69) is 10.3 Å². The van der Waals surface area contributed by atoms with E-state index in [-0.39, 0.29) is 11.1 Å². The molecule has 0 aliphatic carbocycles. The molecule has 1 N–H and O–H groups in total. The van der Waals surface area contributed by atoms with Gasteiger partial charge in [0.25, 0.3) is 10.0 Å². The molecule has 0 spiro atoms. The van der Waals surface area contributed by atoms with Crippen LogP contribution in [-0.2, 0) is 23.0 Å². The highest BCUT2D eigenvalue weighted by Crippen LogP contribution is 2.23. The fourth-order valence-electron chi connectivity index (χ4n) is 2.83. The number of likely N-dealkylation sites (N-methyl/N-ethyl adjacent to an activating group) is 1. The van der Waals surface area contributed by atoms with Crippen LogP contribution in [0.4, 0.5) is 0 Å². The molecular weight excluding hydrogens is 264 g/mol. The van der Waals surface area contributed by atoms with Crippen LogP contribution in [0.1, 0.15) is 25.1 Å². The van der Waals surface area contributed by atoms with E-state index < -0.39 is 10.0 Å². The Balaban J connectivity index is 1.86. The van der Waals surface area contributed by atoms with Crippen molar-refractivity contribution in [1.82, 2.24) is 19.2 Å². The predicted octanol–water partition coefficient (Wildman–Crippen LogP) is 0.202. The van der Waals surface area contributed by atoms with Crippen molar-refractivity contribution in [3.63, 3.8) is 0 Å². The monoisotopic (exact) mass is 284 g/mol. The van der Waals surface area contributed by atoms with Gasteiger partial charge in [-0.15, -0.1) is 0 Å². The molecule has 1 saturated heterocycles. The minimum absolute atomic E-state index is 0.223. The van der Waals surface area contributed by atoms with Gasteiger partial charge in [-0.25, -0.2) is 13.4 Å². The van der Waals surface area contributed by atoms with Gasteiger partial charge in [0.1, 0.15) is 5.82 Å². The molecule has 7 heteroatoms. The van der Waals surface area contributed by atoms with Crippen molar-refractivity contribution in [1.29, 1.82) is 0 Å². The molecule has 2 aliphatic heterocycles. The lowest BCUT2D eigenvalue weighted by Crippen LogP contribution is -2.33. The summed E-state index contributed by atoms with van der Waals surface area (Å²) in [6.45, 7) is 2.01. The minimum Gasteiger partial charge on any atom is -0.333 e. The molecule has 0 amide bonds. The van der Waals surface area contributed by atoms with Gasteiger partial charge in [0.05, 0.1) is 0 Å². The van der Waals surface area contributed by atoms with Crippen LogP contribution in [0.3, 0.4) is 0 Å². The summed E-state index contributed by atoms with van der Waals surface area (Å²) in [4.78, 5) is 4.33. The largest absolute Gasteiger partial charge is 0.333 e. The van der Waals surface area contributed by atoms with Crippen molar-refractivity contribution in [2.24, 2.45) is 0 Å². The molecule has 1 aromatic heterocycles. The van der Waals surface area contributed by atoms with Crippen molar-refractivity contribution in [3.05, 3.63) is 12.0 Å². The van der Waals surface area contributed by atoms with Crippen LogP contribution in [0.2, 0.25) is 0 Å². The maximum Gasteiger partial charge on any atom is 0.262 e. The van der Waals surface area contributed by atoms with E-state index in [0.29, 0.717) is 13.1 Å². The molecule has 3 rings (SSSR count). The fraction of sp³-hybridized carbons (Fsp3) is 0.750. The lowest BCUT2D eigenvalue weighted by atomic mass is 10.2. The Morgan fingerprint density at radius 3 is 2.89 bits per heavy atom. The predicted molar refractivity (Wildman–Crippen MR) is 71.4 cm³/mol. The van der Waals surface area contributed by atoms with Gasteiger partial charge in [-0.2, -0.15) is 4.31 Å². The van der Waals surface area contributed by atoms with Gasteiger partial charge in [0, 0.05) is 38.3 Å². The molecule has 1 fully saturated rings. The summed E-state index contributed by atoms with van der Waals surface area (Å²) in [5.74, 6) is 0.911. The molecule has 1 aromatic rings. The van der Waals surface area contributed by atoms with Crippen LogP contribution in [0.25, 0.3) is 0 Å². The number of aromatic nitrogens is 2. The molecule has 1 unspecified atom stereocenters. The number of imidazole rings is 1. The molecule has 0 aromatic carbocycles. The number of aryl methyl sites for hydroxylation is 2. The standard InChI is InChI=1S/C12H20N4O2S/c1-13-10-5-7-16(8-10)19(17,18)12-9-15-6-3-2-4-11(15)14-12/h9-10,13H,2-8H2,1H3. The van der Waals surface area contributed by atoms with E-state index in [4.69, 9.17) is 0 Å². The Bertz CT molecular complexity index is 543. The molecule has 6 nitrogen and oxygen atoms in total. The molecule has 0 bridgehead atoms. The summed E-state index contributed by atoms with van der Waals surface area (Å²) in [5.41, 5.74) is 0. The topological polar surface area (TPSA) is 67.2 Å². The van der Waals surface area contributed by atoms with Gasteiger partial charge >= 0.3 is 0 Å². The number of nitrogens with zero attached hydrogens (tertiary/aromatic N) is 3. The van der Waals surface area contributed by atoms with E-state index in [0.717, 1.165) is 38.1 Å². The van der Waals surface area contributed by atoms with E-state index in [1.807, 2.05) is 11.6 Å². The average molecular weight is 284 g/mol. The maximum atomic E-state index is 12.5. The third-order valence-corrected chi connectivity index (χ3v) is 5.79. The summed E-state index contributed by atoms with van der Waals surface area (Å²) in [6.07, 6.45) is 5.66. The Morgan fingerprint density at radius 1 is 1.37 bits per heavy atom. The first kappa shape index (κ1) is 13.1. The highest BCUT2D eigenvalue weighted by molar-refractivity contribution is 7.89.